The maximum absolute atomic E-state index is 10.5. The lowest BCUT2D eigenvalue weighted by atomic mass is 10.2. The Morgan fingerprint density at radius 1 is 1.38 bits per heavy atom. The van der Waals surface area contributed by atoms with Crippen molar-refractivity contribution in [2.24, 2.45) is 0 Å². The van der Waals surface area contributed by atoms with Crippen molar-refractivity contribution in [1.82, 2.24) is 0 Å². The van der Waals surface area contributed by atoms with Crippen LogP contribution in [0.1, 0.15) is 19.9 Å². The van der Waals surface area contributed by atoms with E-state index in [0.29, 0.717) is 5.75 Å². The molecule has 0 radical (unpaired) electrons. The Kier molecular flexibility index (Phi) is 4.52. The van der Waals surface area contributed by atoms with Crippen molar-refractivity contribution in [3.63, 3.8) is 0 Å². The van der Waals surface area contributed by atoms with E-state index in [1.54, 1.807) is 18.2 Å². The van der Waals surface area contributed by atoms with Crippen molar-refractivity contribution < 1.29 is 9.53 Å². The third kappa shape index (κ3) is 3.56. The molecule has 0 aliphatic heterocycles. The molecule has 2 nitrogen and oxygen atoms in total. The second kappa shape index (κ2) is 5.14. The molecule has 0 atom stereocenters. The summed E-state index contributed by atoms with van der Waals surface area (Å²) in [5.74, 6) is 0.259. The lowest BCUT2D eigenvalue weighted by Crippen LogP contribution is -2.00. The number of esters is 1. The number of carbonyl (C=O) groups excluding carboxylic acids is 1. The highest BCUT2D eigenvalue weighted by Crippen LogP contribution is 2.12. The van der Waals surface area contributed by atoms with Crippen LogP contribution in [0.3, 0.4) is 0 Å². The summed E-state index contributed by atoms with van der Waals surface area (Å²) in [5.41, 5.74) is 1.01. The summed E-state index contributed by atoms with van der Waals surface area (Å²) < 4.78 is 4.84. The molecule has 0 aliphatic carbocycles. The van der Waals surface area contributed by atoms with Gasteiger partial charge < -0.3 is 4.74 Å². The molecule has 0 N–H and O–H groups in total. The molecule has 0 aromatic heterocycles. The molecular formula is C11H14O2. The van der Waals surface area contributed by atoms with E-state index in [4.69, 9.17) is 4.74 Å². The highest BCUT2D eigenvalue weighted by Gasteiger charge is 1.95. The molecule has 0 bridgehead atoms. The van der Waals surface area contributed by atoms with Crippen LogP contribution in [-0.4, -0.2) is 5.97 Å². The highest BCUT2D eigenvalue weighted by molar-refractivity contribution is 5.69. The Labute approximate surface area is 78.8 Å². The highest BCUT2D eigenvalue weighted by atomic mass is 16.5. The smallest absolute Gasteiger partial charge is 0.308 e. The Balaban J connectivity index is 0.00000144. The summed E-state index contributed by atoms with van der Waals surface area (Å²) in [7, 11) is 0. The molecule has 0 heterocycles. The van der Waals surface area contributed by atoms with E-state index >= 15 is 0 Å². The lowest BCUT2D eigenvalue weighted by Gasteiger charge is -1.99. The Hall–Kier alpha value is -1.57. The fourth-order valence-corrected chi connectivity index (χ4v) is 0.838. The van der Waals surface area contributed by atoms with E-state index in [0.717, 1.165) is 5.56 Å². The second-order valence-electron chi connectivity index (χ2n) is 2.37. The third-order valence-electron chi connectivity index (χ3n) is 1.38. The topological polar surface area (TPSA) is 26.3 Å². The van der Waals surface area contributed by atoms with Gasteiger partial charge in [-0.25, -0.2) is 0 Å². The first kappa shape index (κ1) is 11.4. The van der Waals surface area contributed by atoms with Crippen molar-refractivity contribution in [3.05, 3.63) is 36.4 Å². The van der Waals surface area contributed by atoms with Gasteiger partial charge in [-0.1, -0.05) is 32.2 Å². The van der Waals surface area contributed by atoms with Gasteiger partial charge in [-0.15, -0.1) is 0 Å². The van der Waals surface area contributed by atoms with E-state index in [2.05, 4.69) is 6.58 Å². The largest absolute Gasteiger partial charge is 0.427 e. The van der Waals surface area contributed by atoms with Gasteiger partial charge in [0.15, 0.2) is 0 Å². The first-order valence-electron chi connectivity index (χ1n) is 3.63. The molecule has 0 amide bonds. The van der Waals surface area contributed by atoms with Gasteiger partial charge in [0.2, 0.25) is 0 Å². The summed E-state index contributed by atoms with van der Waals surface area (Å²) in [5, 5.41) is 0. The number of hydrogen-bond donors (Lipinski definition) is 0. The average Bonchev–Trinajstić information content (AvgIpc) is 2.05. The van der Waals surface area contributed by atoms with Crippen molar-refractivity contribution in [2.75, 3.05) is 0 Å². The first-order valence-corrected chi connectivity index (χ1v) is 3.63. The van der Waals surface area contributed by atoms with Crippen LogP contribution in [0.4, 0.5) is 0 Å². The lowest BCUT2D eigenvalue weighted by molar-refractivity contribution is -0.131. The fourth-order valence-electron chi connectivity index (χ4n) is 0.838. The average molecular weight is 178 g/mol. The summed E-state index contributed by atoms with van der Waals surface area (Å²) in [4.78, 5) is 10.5. The molecule has 0 saturated carbocycles. The monoisotopic (exact) mass is 178 g/mol. The molecule has 0 unspecified atom stereocenters. The SMILES string of the molecule is C.C=Cc1ccc(OC(C)=O)cc1. The zero-order chi connectivity index (χ0) is 8.97. The standard InChI is InChI=1S/C10H10O2.CH4/c1-3-9-4-6-10(7-5-9)12-8(2)11;/h3-7H,1H2,2H3;1H4. The van der Waals surface area contributed by atoms with Crippen LogP contribution in [0.2, 0.25) is 0 Å². The summed E-state index contributed by atoms with van der Waals surface area (Å²) in [6, 6.07) is 7.15. The predicted octanol–water partition coefficient (Wildman–Crippen LogP) is 2.89. The zero-order valence-corrected chi connectivity index (χ0v) is 6.91. The molecule has 0 saturated heterocycles. The van der Waals surface area contributed by atoms with Crippen LogP contribution in [-0.2, 0) is 4.79 Å². The molecule has 0 aliphatic rings. The van der Waals surface area contributed by atoms with Gasteiger partial charge >= 0.3 is 5.97 Å². The van der Waals surface area contributed by atoms with Crippen LogP contribution in [0.15, 0.2) is 30.8 Å². The predicted molar refractivity (Wildman–Crippen MR) is 54.6 cm³/mol. The van der Waals surface area contributed by atoms with Crippen LogP contribution in [0, 0.1) is 0 Å². The molecule has 1 rings (SSSR count). The van der Waals surface area contributed by atoms with E-state index < -0.39 is 0 Å². The van der Waals surface area contributed by atoms with Gasteiger partial charge in [-0.05, 0) is 17.7 Å². The number of hydrogen-bond acceptors (Lipinski definition) is 2. The minimum Gasteiger partial charge on any atom is -0.427 e. The first-order chi connectivity index (χ1) is 5.72. The van der Waals surface area contributed by atoms with Gasteiger partial charge in [0.05, 0.1) is 0 Å². The van der Waals surface area contributed by atoms with Gasteiger partial charge in [0.1, 0.15) is 5.75 Å². The van der Waals surface area contributed by atoms with E-state index in [1.807, 2.05) is 12.1 Å². The number of benzene rings is 1. The van der Waals surface area contributed by atoms with Gasteiger partial charge in [-0.3, -0.25) is 4.79 Å². The molecule has 0 fully saturated rings. The van der Waals surface area contributed by atoms with E-state index in [-0.39, 0.29) is 13.4 Å². The quantitative estimate of drug-likeness (QED) is 0.514. The van der Waals surface area contributed by atoms with E-state index in [1.165, 1.54) is 6.92 Å². The molecule has 2 heteroatoms. The van der Waals surface area contributed by atoms with Crippen LogP contribution in [0.25, 0.3) is 6.08 Å². The van der Waals surface area contributed by atoms with Crippen LogP contribution in [0.5, 0.6) is 5.75 Å². The number of rotatable bonds is 2. The molecule has 13 heavy (non-hydrogen) atoms. The Bertz CT molecular complexity index is 285. The molecule has 1 aromatic carbocycles. The molecule has 70 valence electrons. The van der Waals surface area contributed by atoms with Crippen molar-refractivity contribution in [2.45, 2.75) is 14.4 Å². The minimum absolute atomic E-state index is 0. The molecule has 1 aromatic rings. The van der Waals surface area contributed by atoms with Gasteiger partial charge in [0.25, 0.3) is 0 Å². The second-order valence-corrected chi connectivity index (χ2v) is 2.37. The number of carbonyl (C=O) groups is 1. The van der Waals surface area contributed by atoms with Crippen LogP contribution < -0.4 is 4.74 Å². The van der Waals surface area contributed by atoms with E-state index in [9.17, 15) is 4.79 Å². The summed E-state index contributed by atoms with van der Waals surface area (Å²) >= 11 is 0. The van der Waals surface area contributed by atoms with Gasteiger partial charge in [-0.2, -0.15) is 0 Å². The Morgan fingerprint density at radius 2 is 1.92 bits per heavy atom. The van der Waals surface area contributed by atoms with Gasteiger partial charge in [0, 0.05) is 6.92 Å². The summed E-state index contributed by atoms with van der Waals surface area (Å²) in [6.45, 7) is 4.99. The maximum Gasteiger partial charge on any atom is 0.308 e. The molecule has 0 spiro atoms. The fraction of sp³-hybridized carbons (Fsp3) is 0.182. The van der Waals surface area contributed by atoms with Crippen LogP contribution >= 0.6 is 0 Å². The number of ether oxygens (including phenoxy) is 1. The minimum atomic E-state index is -0.304. The van der Waals surface area contributed by atoms with Crippen molar-refractivity contribution in [3.8, 4) is 5.75 Å². The van der Waals surface area contributed by atoms with Crippen molar-refractivity contribution >= 4 is 12.0 Å². The van der Waals surface area contributed by atoms with Crippen molar-refractivity contribution in [1.29, 1.82) is 0 Å². The maximum atomic E-state index is 10.5. The molecular weight excluding hydrogens is 164 g/mol. The summed E-state index contributed by atoms with van der Waals surface area (Å²) in [6.07, 6.45) is 1.73. The normalized spacial score (nSPS) is 8.38. The zero-order valence-electron chi connectivity index (χ0n) is 6.91. The Morgan fingerprint density at radius 3 is 2.31 bits per heavy atom. The third-order valence-corrected chi connectivity index (χ3v) is 1.38.